The molecular weight excluding hydrogens is 253 g/mol. The van der Waals surface area contributed by atoms with Gasteiger partial charge in [-0.1, -0.05) is 31.2 Å². The quantitative estimate of drug-likeness (QED) is 0.789. The number of amides is 1. The van der Waals surface area contributed by atoms with Gasteiger partial charge in [-0.3, -0.25) is 4.79 Å². The number of aryl methyl sites for hydroxylation is 1. The second kappa shape index (κ2) is 6.91. The number of carbonyl (C=O) groups excluding carboxylic acids is 1. The van der Waals surface area contributed by atoms with E-state index in [9.17, 15) is 14.8 Å². The molecule has 0 radical (unpaired) electrons. The van der Waals surface area contributed by atoms with Gasteiger partial charge < -0.3 is 14.9 Å². The van der Waals surface area contributed by atoms with Crippen molar-refractivity contribution in [2.45, 2.75) is 32.6 Å². The molecule has 1 heterocycles. The third-order valence-corrected chi connectivity index (χ3v) is 4.08. The van der Waals surface area contributed by atoms with Crippen LogP contribution in [0.5, 0.6) is 0 Å². The highest BCUT2D eigenvalue weighted by Crippen LogP contribution is 2.17. The van der Waals surface area contributed by atoms with Gasteiger partial charge in [0.05, 0.1) is 0 Å². The summed E-state index contributed by atoms with van der Waals surface area (Å²) in [6.45, 7) is 3.93. The van der Waals surface area contributed by atoms with Crippen molar-refractivity contribution in [3.05, 3.63) is 29.8 Å². The zero-order chi connectivity index (χ0) is 14.5. The molecule has 0 saturated carbocycles. The Morgan fingerprint density at radius 2 is 1.95 bits per heavy atom. The maximum Gasteiger partial charge on any atom is 0.488 e. The second-order valence-corrected chi connectivity index (χ2v) is 5.64. The zero-order valence-electron chi connectivity index (χ0n) is 12.0. The van der Waals surface area contributed by atoms with Gasteiger partial charge in [0.1, 0.15) is 0 Å². The van der Waals surface area contributed by atoms with Crippen LogP contribution in [-0.4, -0.2) is 41.1 Å². The first-order chi connectivity index (χ1) is 9.58. The summed E-state index contributed by atoms with van der Waals surface area (Å²) in [6.07, 6.45) is 3.14. The summed E-state index contributed by atoms with van der Waals surface area (Å²) in [4.78, 5) is 14.1. The number of hydrogen-bond acceptors (Lipinski definition) is 3. The fourth-order valence-corrected chi connectivity index (χ4v) is 2.67. The van der Waals surface area contributed by atoms with Crippen LogP contribution in [-0.2, 0) is 11.2 Å². The van der Waals surface area contributed by atoms with Crippen molar-refractivity contribution >= 4 is 18.5 Å². The molecular formula is C15H22BNO3. The van der Waals surface area contributed by atoms with E-state index in [1.807, 2.05) is 17.0 Å². The molecule has 1 aliphatic heterocycles. The minimum Gasteiger partial charge on any atom is -0.423 e. The molecule has 1 fully saturated rings. The van der Waals surface area contributed by atoms with Crippen LogP contribution < -0.4 is 5.46 Å². The minimum atomic E-state index is -1.47. The number of rotatable bonds is 4. The molecule has 0 bridgehead atoms. The van der Waals surface area contributed by atoms with Crippen LogP contribution in [0.2, 0.25) is 0 Å². The summed E-state index contributed by atoms with van der Waals surface area (Å²) in [6, 6.07) is 7.16. The minimum absolute atomic E-state index is 0.166. The predicted molar refractivity (Wildman–Crippen MR) is 79.6 cm³/mol. The van der Waals surface area contributed by atoms with Crippen molar-refractivity contribution in [3.8, 4) is 0 Å². The topological polar surface area (TPSA) is 60.8 Å². The van der Waals surface area contributed by atoms with E-state index >= 15 is 0 Å². The van der Waals surface area contributed by atoms with Gasteiger partial charge in [0.25, 0.3) is 0 Å². The van der Waals surface area contributed by atoms with E-state index in [4.69, 9.17) is 0 Å². The molecule has 5 heteroatoms. The molecule has 0 spiro atoms. The Balaban J connectivity index is 1.90. The van der Waals surface area contributed by atoms with E-state index in [2.05, 4.69) is 6.92 Å². The van der Waals surface area contributed by atoms with Crippen LogP contribution in [0.4, 0.5) is 0 Å². The first-order valence-electron chi connectivity index (χ1n) is 7.29. The smallest absolute Gasteiger partial charge is 0.423 e. The number of benzene rings is 1. The standard InChI is InChI=1S/C15H22BNO3/c1-12-8-10-17(11-9-12)15(18)7-6-13-4-2-3-5-14(13)16(19)20/h2-5,12,19-20H,6-11H2,1H3. The van der Waals surface area contributed by atoms with Crippen LogP contribution in [0.25, 0.3) is 0 Å². The Labute approximate surface area is 120 Å². The third-order valence-electron chi connectivity index (χ3n) is 4.08. The van der Waals surface area contributed by atoms with E-state index in [1.54, 1.807) is 12.1 Å². The second-order valence-electron chi connectivity index (χ2n) is 5.64. The SMILES string of the molecule is CC1CCN(C(=O)CCc2ccccc2B(O)O)CC1. The lowest BCUT2D eigenvalue weighted by Gasteiger charge is -2.30. The Hall–Kier alpha value is -1.33. The largest absolute Gasteiger partial charge is 0.488 e. The van der Waals surface area contributed by atoms with E-state index < -0.39 is 7.12 Å². The Bertz CT molecular complexity index is 456. The average Bonchev–Trinajstić information content (AvgIpc) is 2.45. The highest BCUT2D eigenvalue weighted by molar-refractivity contribution is 6.59. The van der Waals surface area contributed by atoms with Gasteiger partial charge >= 0.3 is 7.12 Å². The Morgan fingerprint density at radius 1 is 1.30 bits per heavy atom. The van der Waals surface area contributed by atoms with Gasteiger partial charge in [0.15, 0.2) is 0 Å². The first-order valence-corrected chi connectivity index (χ1v) is 7.29. The molecule has 1 aromatic carbocycles. The Morgan fingerprint density at radius 3 is 2.60 bits per heavy atom. The molecule has 2 rings (SSSR count). The van der Waals surface area contributed by atoms with Gasteiger partial charge in [0.2, 0.25) is 5.91 Å². The molecule has 1 amide bonds. The molecule has 4 nitrogen and oxygen atoms in total. The summed E-state index contributed by atoms with van der Waals surface area (Å²) in [7, 11) is -1.47. The van der Waals surface area contributed by atoms with E-state index in [1.165, 1.54) is 0 Å². The molecule has 1 aliphatic rings. The summed E-state index contributed by atoms with van der Waals surface area (Å²) in [5.74, 6) is 0.878. The monoisotopic (exact) mass is 275 g/mol. The van der Waals surface area contributed by atoms with Crippen LogP contribution in [0.15, 0.2) is 24.3 Å². The molecule has 0 unspecified atom stereocenters. The fraction of sp³-hybridized carbons (Fsp3) is 0.533. The normalized spacial score (nSPS) is 16.2. The number of likely N-dealkylation sites (tertiary alicyclic amines) is 1. The number of piperidine rings is 1. The summed E-state index contributed by atoms with van der Waals surface area (Å²) >= 11 is 0. The van der Waals surface area contributed by atoms with Gasteiger partial charge in [-0.05, 0) is 36.2 Å². The van der Waals surface area contributed by atoms with Crippen molar-refractivity contribution in [1.29, 1.82) is 0 Å². The number of carbonyl (C=O) groups is 1. The van der Waals surface area contributed by atoms with Gasteiger partial charge in [-0.15, -0.1) is 0 Å². The van der Waals surface area contributed by atoms with Crippen LogP contribution in [0.1, 0.15) is 31.7 Å². The highest BCUT2D eigenvalue weighted by atomic mass is 16.4. The summed E-state index contributed by atoms with van der Waals surface area (Å²) < 4.78 is 0. The van der Waals surface area contributed by atoms with Crippen LogP contribution in [0.3, 0.4) is 0 Å². The Kier molecular flexibility index (Phi) is 5.20. The summed E-state index contributed by atoms with van der Waals surface area (Å²) in [5, 5.41) is 18.6. The average molecular weight is 275 g/mol. The van der Waals surface area contributed by atoms with Crippen LogP contribution in [0, 0.1) is 5.92 Å². The molecule has 0 aliphatic carbocycles. The summed E-state index contributed by atoms with van der Waals surface area (Å²) in [5.41, 5.74) is 1.33. The molecule has 20 heavy (non-hydrogen) atoms. The number of hydrogen-bond donors (Lipinski definition) is 2. The maximum atomic E-state index is 12.2. The van der Waals surface area contributed by atoms with E-state index in [0.717, 1.165) is 31.5 Å². The first kappa shape index (κ1) is 15.1. The van der Waals surface area contributed by atoms with Gasteiger partial charge in [0, 0.05) is 19.5 Å². The van der Waals surface area contributed by atoms with Crippen molar-refractivity contribution in [3.63, 3.8) is 0 Å². The van der Waals surface area contributed by atoms with Crippen molar-refractivity contribution < 1.29 is 14.8 Å². The number of nitrogens with zero attached hydrogens (tertiary/aromatic N) is 1. The maximum absolute atomic E-state index is 12.2. The lowest BCUT2D eigenvalue weighted by Crippen LogP contribution is -2.38. The van der Waals surface area contributed by atoms with Crippen molar-refractivity contribution in [2.24, 2.45) is 5.92 Å². The zero-order valence-corrected chi connectivity index (χ0v) is 12.0. The van der Waals surface area contributed by atoms with Crippen molar-refractivity contribution in [2.75, 3.05) is 13.1 Å². The van der Waals surface area contributed by atoms with E-state index in [0.29, 0.717) is 24.2 Å². The highest BCUT2D eigenvalue weighted by Gasteiger charge is 2.21. The molecule has 1 saturated heterocycles. The molecule has 0 aromatic heterocycles. The molecule has 108 valence electrons. The van der Waals surface area contributed by atoms with Gasteiger partial charge in [-0.25, -0.2) is 0 Å². The fourth-order valence-electron chi connectivity index (χ4n) is 2.67. The third kappa shape index (κ3) is 3.84. The van der Waals surface area contributed by atoms with Gasteiger partial charge in [-0.2, -0.15) is 0 Å². The predicted octanol–water partition coefficient (Wildman–Crippen LogP) is 0.557. The molecule has 1 aromatic rings. The lowest BCUT2D eigenvalue weighted by atomic mass is 9.76. The molecule has 2 N–H and O–H groups in total. The lowest BCUT2D eigenvalue weighted by molar-refractivity contribution is -0.132. The van der Waals surface area contributed by atoms with Crippen molar-refractivity contribution in [1.82, 2.24) is 4.90 Å². The molecule has 0 atom stereocenters. The van der Waals surface area contributed by atoms with E-state index in [-0.39, 0.29) is 5.91 Å². The van der Waals surface area contributed by atoms with Crippen LogP contribution >= 0.6 is 0 Å².